The normalized spacial score (nSPS) is 17.3. The molecule has 1 N–H and O–H groups in total. The van der Waals surface area contributed by atoms with Gasteiger partial charge in [-0.2, -0.15) is 0 Å². The van der Waals surface area contributed by atoms with E-state index in [0.717, 1.165) is 5.56 Å². The molecule has 0 aliphatic carbocycles. The first-order valence-electron chi connectivity index (χ1n) is 10.6. The fourth-order valence-electron chi connectivity index (χ4n) is 3.66. The molecule has 0 aromatic heterocycles. The van der Waals surface area contributed by atoms with Crippen molar-refractivity contribution in [3.8, 4) is 5.75 Å². The lowest BCUT2D eigenvalue weighted by Gasteiger charge is -2.31. The standard InChI is InChI=1S/C23H29FN2O4S/c24-21-10-12-22(13-11-21)30-16-14-25-23(27)20-9-4-15-26(18-20)31(28,29)17-5-8-19-6-2-1-3-7-19/h1-3,6-7,10-13,20H,4-5,8-9,14-18H2,(H,25,27)/t20-/m0/s1. The van der Waals surface area contributed by atoms with Crippen LogP contribution >= 0.6 is 0 Å². The van der Waals surface area contributed by atoms with Gasteiger partial charge >= 0.3 is 0 Å². The summed E-state index contributed by atoms with van der Waals surface area (Å²) in [5, 5.41) is 2.81. The first kappa shape index (κ1) is 23.2. The number of aryl methyl sites for hydroxylation is 1. The topological polar surface area (TPSA) is 75.7 Å². The van der Waals surface area contributed by atoms with E-state index in [0.29, 0.717) is 44.5 Å². The molecule has 0 bridgehead atoms. The molecule has 1 aliphatic heterocycles. The van der Waals surface area contributed by atoms with Gasteiger partial charge in [-0.15, -0.1) is 0 Å². The Morgan fingerprint density at radius 2 is 1.87 bits per heavy atom. The van der Waals surface area contributed by atoms with E-state index in [-0.39, 0.29) is 36.5 Å². The average Bonchev–Trinajstić information content (AvgIpc) is 2.78. The van der Waals surface area contributed by atoms with E-state index in [4.69, 9.17) is 4.74 Å². The number of carbonyl (C=O) groups excluding carboxylic acids is 1. The van der Waals surface area contributed by atoms with Crippen LogP contribution in [0, 0.1) is 11.7 Å². The Hall–Kier alpha value is -2.45. The first-order chi connectivity index (χ1) is 14.9. The minimum Gasteiger partial charge on any atom is -0.492 e. The quantitative estimate of drug-likeness (QED) is 0.567. The maximum atomic E-state index is 12.9. The highest BCUT2D eigenvalue weighted by Gasteiger charge is 2.31. The molecule has 1 amide bonds. The van der Waals surface area contributed by atoms with Crippen LogP contribution in [-0.2, 0) is 21.2 Å². The van der Waals surface area contributed by atoms with Gasteiger partial charge in [-0.1, -0.05) is 30.3 Å². The number of rotatable bonds is 10. The molecule has 1 fully saturated rings. The van der Waals surface area contributed by atoms with Gasteiger partial charge in [0.05, 0.1) is 18.2 Å². The third-order valence-corrected chi connectivity index (χ3v) is 7.27. The molecule has 1 atom stereocenters. The number of halogens is 1. The molecular weight excluding hydrogens is 419 g/mol. The van der Waals surface area contributed by atoms with E-state index in [9.17, 15) is 17.6 Å². The van der Waals surface area contributed by atoms with Crippen molar-refractivity contribution in [1.82, 2.24) is 9.62 Å². The van der Waals surface area contributed by atoms with E-state index < -0.39 is 10.0 Å². The number of sulfonamides is 1. The maximum absolute atomic E-state index is 12.9. The molecule has 0 unspecified atom stereocenters. The second kappa shape index (κ2) is 11.2. The highest BCUT2D eigenvalue weighted by Crippen LogP contribution is 2.20. The van der Waals surface area contributed by atoms with Crippen LogP contribution < -0.4 is 10.1 Å². The number of benzene rings is 2. The van der Waals surface area contributed by atoms with Crippen LogP contribution in [0.4, 0.5) is 4.39 Å². The highest BCUT2D eigenvalue weighted by atomic mass is 32.2. The van der Waals surface area contributed by atoms with Crippen LogP contribution in [-0.4, -0.2) is 50.6 Å². The minimum atomic E-state index is -3.39. The van der Waals surface area contributed by atoms with Gasteiger partial charge in [-0.25, -0.2) is 17.1 Å². The number of piperidine rings is 1. The Morgan fingerprint density at radius 3 is 2.61 bits per heavy atom. The predicted molar refractivity (Wildman–Crippen MR) is 118 cm³/mol. The fourth-order valence-corrected chi connectivity index (χ4v) is 5.24. The summed E-state index contributed by atoms with van der Waals surface area (Å²) in [6.07, 6.45) is 2.61. The Labute approximate surface area is 183 Å². The largest absolute Gasteiger partial charge is 0.492 e. The summed E-state index contributed by atoms with van der Waals surface area (Å²) in [7, 11) is -3.39. The van der Waals surface area contributed by atoms with Crippen molar-refractivity contribution in [2.24, 2.45) is 5.92 Å². The van der Waals surface area contributed by atoms with E-state index >= 15 is 0 Å². The second-order valence-electron chi connectivity index (χ2n) is 7.70. The maximum Gasteiger partial charge on any atom is 0.224 e. The Kier molecular flexibility index (Phi) is 8.43. The molecule has 2 aromatic carbocycles. The van der Waals surface area contributed by atoms with Crippen LogP contribution in [0.1, 0.15) is 24.8 Å². The molecule has 1 aliphatic rings. The summed E-state index contributed by atoms with van der Waals surface area (Å²) < 4.78 is 45.3. The molecular formula is C23H29FN2O4S. The van der Waals surface area contributed by atoms with Gasteiger partial charge < -0.3 is 10.1 Å². The van der Waals surface area contributed by atoms with Gasteiger partial charge in [-0.3, -0.25) is 4.79 Å². The number of hydrogen-bond donors (Lipinski definition) is 1. The lowest BCUT2D eigenvalue weighted by atomic mass is 9.99. The van der Waals surface area contributed by atoms with Crippen molar-refractivity contribution in [2.75, 3.05) is 32.0 Å². The van der Waals surface area contributed by atoms with E-state index in [2.05, 4.69) is 5.32 Å². The van der Waals surface area contributed by atoms with Gasteiger partial charge in [0.25, 0.3) is 0 Å². The molecule has 3 rings (SSSR count). The Bertz CT molecular complexity index is 936. The van der Waals surface area contributed by atoms with E-state index in [1.54, 1.807) is 0 Å². The number of nitrogens with zero attached hydrogens (tertiary/aromatic N) is 1. The Morgan fingerprint density at radius 1 is 1.13 bits per heavy atom. The number of amides is 1. The van der Waals surface area contributed by atoms with Crippen LogP contribution in [0.25, 0.3) is 0 Å². The third kappa shape index (κ3) is 7.33. The van der Waals surface area contributed by atoms with Gasteiger partial charge in [0.2, 0.25) is 15.9 Å². The zero-order valence-electron chi connectivity index (χ0n) is 17.5. The van der Waals surface area contributed by atoms with Crippen LogP contribution in [0.5, 0.6) is 5.75 Å². The second-order valence-corrected chi connectivity index (χ2v) is 9.78. The monoisotopic (exact) mass is 448 g/mol. The first-order valence-corrected chi connectivity index (χ1v) is 12.2. The molecule has 31 heavy (non-hydrogen) atoms. The molecule has 2 aromatic rings. The molecule has 0 radical (unpaired) electrons. The van der Waals surface area contributed by atoms with Gasteiger partial charge in [-0.05, 0) is 55.5 Å². The predicted octanol–water partition coefficient (Wildman–Crippen LogP) is 3.00. The highest BCUT2D eigenvalue weighted by molar-refractivity contribution is 7.89. The van der Waals surface area contributed by atoms with Crippen molar-refractivity contribution in [2.45, 2.75) is 25.7 Å². The molecule has 8 heteroatoms. The smallest absolute Gasteiger partial charge is 0.224 e. The van der Waals surface area contributed by atoms with Crippen molar-refractivity contribution < 1.29 is 22.3 Å². The number of nitrogens with one attached hydrogen (secondary N) is 1. The van der Waals surface area contributed by atoms with Crippen molar-refractivity contribution in [3.05, 3.63) is 66.0 Å². The van der Waals surface area contributed by atoms with Crippen LogP contribution in [0.15, 0.2) is 54.6 Å². The Balaban J connectivity index is 1.40. The lowest BCUT2D eigenvalue weighted by molar-refractivity contribution is -0.126. The number of ether oxygens (including phenoxy) is 1. The van der Waals surface area contributed by atoms with E-state index in [1.165, 1.54) is 28.6 Å². The third-order valence-electron chi connectivity index (χ3n) is 5.34. The lowest BCUT2D eigenvalue weighted by Crippen LogP contribution is -2.46. The summed E-state index contributed by atoms with van der Waals surface area (Å²) in [6, 6.07) is 15.5. The summed E-state index contributed by atoms with van der Waals surface area (Å²) in [4.78, 5) is 12.5. The van der Waals surface area contributed by atoms with Gasteiger partial charge in [0.15, 0.2) is 0 Å². The molecule has 168 valence electrons. The fraction of sp³-hybridized carbons (Fsp3) is 0.435. The van der Waals surface area contributed by atoms with E-state index in [1.807, 2.05) is 30.3 Å². The summed E-state index contributed by atoms with van der Waals surface area (Å²) in [5.41, 5.74) is 1.12. The number of hydrogen-bond acceptors (Lipinski definition) is 4. The van der Waals surface area contributed by atoms with Crippen molar-refractivity contribution >= 4 is 15.9 Å². The average molecular weight is 449 g/mol. The van der Waals surface area contributed by atoms with Crippen LogP contribution in [0.3, 0.4) is 0 Å². The molecule has 1 saturated heterocycles. The minimum absolute atomic E-state index is 0.0851. The SMILES string of the molecule is O=C(NCCOc1ccc(F)cc1)[C@H]1CCCN(S(=O)(=O)CCCc2ccccc2)C1. The van der Waals surface area contributed by atoms with Crippen molar-refractivity contribution in [3.63, 3.8) is 0 Å². The van der Waals surface area contributed by atoms with Gasteiger partial charge in [0, 0.05) is 13.1 Å². The zero-order chi connectivity index (χ0) is 22.1. The summed E-state index contributed by atoms with van der Waals surface area (Å²) in [5.74, 6) is -0.240. The molecule has 0 saturated carbocycles. The zero-order valence-corrected chi connectivity index (χ0v) is 18.3. The molecule has 6 nitrogen and oxygen atoms in total. The number of carbonyl (C=O) groups is 1. The van der Waals surface area contributed by atoms with Gasteiger partial charge in [0.1, 0.15) is 18.2 Å². The summed E-state index contributed by atoms with van der Waals surface area (Å²) >= 11 is 0. The molecule has 1 heterocycles. The molecule has 0 spiro atoms. The van der Waals surface area contributed by atoms with Crippen LogP contribution in [0.2, 0.25) is 0 Å². The van der Waals surface area contributed by atoms with Crippen molar-refractivity contribution in [1.29, 1.82) is 0 Å². The summed E-state index contributed by atoms with van der Waals surface area (Å²) in [6.45, 7) is 1.24.